The van der Waals surface area contributed by atoms with Gasteiger partial charge in [-0.15, -0.1) is 0 Å². The standard InChI is InChI=1S/C11H20O2.C5H7BrO2/c1-7-9(12)13-11(5,6)8-10(2,3)4;1-2-5(7)8-4-3-6/h7H,1,8H2,2-6H3;2H,1,3-4H2. The number of esters is 2. The first-order chi connectivity index (χ1) is 9.47. The van der Waals surface area contributed by atoms with Crippen LogP contribution >= 0.6 is 15.9 Å². The van der Waals surface area contributed by atoms with E-state index in [1.807, 2.05) is 13.8 Å². The quantitative estimate of drug-likeness (QED) is 0.406. The van der Waals surface area contributed by atoms with E-state index in [2.05, 4.69) is 54.6 Å². The van der Waals surface area contributed by atoms with E-state index in [4.69, 9.17) is 4.74 Å². The Balaban J connectivity index is 0. The van der Waals surface area contributed by atoms with Gasteiger partial charge in [-0.2, -0.15) is 0 Å². The molecule has 0 aromatic rings. The molecule has 0 aliphatic rings. The number of rotatable bonds is 6. The van der Waals surface area contributed by atoms with Gasteiger partial charge in [0.05, 0.1) is 0 Å². The molecule has 0 aromatic carbocycles. The third-order valence-electron chi connectivity index (χ3n) is 1.99. The maximum atomic E-state index is 11.0. The Morgan fingerprint density at radius 2 is 1.52 bits per heavy atom. The highest BCUT2D eigenvalue weighted by Gasteiger charge is 2.28. The van der Waals surface area contributed by atoms with Gasteiger partial charge < -0.3 is 9.47 Å². The second-order valence-corrected chi connectivity index (χ2v) is 6.98. The Labute approximate surface area is 136 Å². The molecular weight excluding hydrogens is 336 g/mol. The fraction of sp³-hybridized carbons (Fsp3) is 0.625. The van der Waals surface area contributed by atoms with Crippen LogP contribution in [-0.2, 0) is 19.1 Å². The van der Waals surface area contributed by atoms with Gasteiger partial charge in [0.1, 0.15) is 12.2 Å². The summed E-state index contributed by atoms with van der Waals surface area (Å²) >= 11 is 3.10. The van der Waals surface area contributed by atoms with Gasteiger partial charge >= 0.3 is 11.9 Å². The summed E-state index contributed by atoms with van der Waals surface area (Å²) < 4.78 is 9.74. The fourth-order valence-corrected chi connectivity index (χ4v) is 1.99. The van der Waals surface area contributed by atoms with Crippen LogP contribution in [0.5, 0.6) is 0 Å². The van der Waals surface area contributed by atoms with Crippen LogP contribution in [0.25, 0.3) is 0 Å². The average molecular weight is 363 g/mol. The summed E-state index contributed by atoms with van der Waals surface area (Å²) in [7, 11) is 0. The SMILES string of the molecule is C=CC(=O)OC(C)(C)CC(C)(C)C.C=CC(=O)OCCBr. The van der Waals surface area contributed by atoms with Crippen LogP contribution in [0.3, 0.4) is 0 Å². The Morgan fingerprint density at radius 1 is 1.05 bits per heavy atom. The van der Waals surface area contributed by atoms with Crippen LogP contribution in [0.2, 0.25) is 0 Å². The molecule has 0 heterocycles. The number of hydrogen-bond donors (Lipinski definition) is 0. The van der Waals surface area contributed by atoms with E-state index in [9.17, 15) is 9.59 Å². The maximum absolute atomic E-state index is 11.0. The van der Waals surface area contributed by atoms with E-state index in [1.54, 1.807) is 0 Å². The summed E-state index contributed by atoms with van der Waals surface area (Å²) in [5, 5.41) is 0.673. The molecule has 0 rings (SSSR count). The second-order valence-electron chi connectivity index (χ2n) is 6.18. The van der Waals surface area contributed by atoms with Gasteiger partial charge in [-0.3, -0.25) is 0 Å². The van der Waals surface area contributed by atoms with Crippen molar-refractivity contribution in [1.82, 2.24) is 0 Å². The van der Waals surface area contributed by atoms with Crippen molar-refractivity contribution in [1.29, 1.82) is 0 Å². The highest BCUT2D eigenvalue weighted by atomic mass is 79.9. The molecule has 0 saturated carbocycles. The molecule has 0 N–H and O–H groups in total. The molecule has 0 aliphatic heterocycles. The van der Waals surface area contributed by atoms with E-state index in [-0.39, 0.29) is 17.4 Å². The van der Waals surface area contributed by atoms with Crippen molar-refractivity contribution in [3.05, 3.63) is 25.3 Å². The molecule has 5 heteroatoms. The first kappa shape index (κ1) is 22.2. The van der Waals surface area contributed by atoms with E-state index >= 15 is 0 Å². The van der Waals surface area contributed by atoms with Crippen LogP contribution in [0, 0.1) is 5.41 Å². The van der Waals surface area contributed by atoms with Gasteiger partial charge in [0.15, 0.2) is 0 Å². The van der Waals surface area contributed by atoms with Gasteiger partial charge in [0.2, 0.25) is 0 Å². The first-order valence-corrected chi connectivity index (χ1v) is 7.80. The van der Waals surface area contributed by atoms with Gasteiger partial charge in [0.25, 0.3) is 0 Å². The summed E-state index contributed by atoms with van der Waals surface area (Å²) in [5.41, 5.74) is -0.255. The lowest BCUT2D eigenvalue weighted by atomic mass is 9.84. The lowest BCUT2D eigenvalue weighted by Crippen LogP contribution is -2.32. The average Bonchev–Trinajstić information content (AvgIpc) is 2.32. The Bertz CT molecular complexity index is 354. The minimum absolute atomic E-state index is 0.158. The minimum Gasteiger partial charge on any atom is -0.462 e. The predicted octanol–water partition coefficient (Wildman–Crippen LogP) is 4.04. The molecule has 0 atom stereocenters. The Hall–Kier alpha value is -1.10. The zero-order valence-electron chi connectivity index (χ0n) is 13.7. The largest absolute Gasteiger partial charge is 0.462 e. The number of alkyl halides is 1. The molecule has 0 fully saturated rings. The third-order valence-corrected chi connectivity index (χ3v) is 2.31. The van der Waals surface area contributed by atoms with E-state index < -0.39 is 5.60 Å². The summed E-state index contributed by atoms with van der Waals surface area (Å²) in [6.45, 7) is 17.2. The van der Waals surface area contributed by atoms with Crippen LogP contribution < -0.4 is 0 Å². The van der Waals surface area contributed by atoms with Crippen molar-refractivity contribution in [3.63, 3.8) is 0 Å². The van der Waals surface area contributed by atoms with Crippen molar-refractivity contribution in [2.24, 2.45) is 5.41 Å². The summed E-state index contributed by atoms with van der Waals surface area (Å²) in [4.78, 5) is 21.2. The highest BCUT2D eigenvalue weighted by Crippen LogP contribution is 2.29. The lowest BCUT2D eigenvalue weighted by molar-refractivity contribution is -0.152. The molecule has 0 unspecified atom stereocenters. The molecule has 0 saturated heterocycles. The number of halogens is 1. The van der Waals surface area contributed by atoms with Crippen LogP contribution in [0.15, 0.2) is 25.3 Å². The Morgan fingerprint density at radius 3 is 1.86 bits per heavy atom. The smallest absolute Gasteiger partial charge is 0.330 e. The number of ether oxygens (including phenoxy) is 2. The molecule has 21 heavy (non-hydrogen) atoms. The normalized spacial score (nSPS) is 10.8. The first-order valence-electron chi connectivity index (χ1n) is 6.68. The summed E-state index contributed by atoms with van der Waals surface area (Å²) in [6.07, 6.45) is 3.17. The topological polar surface area (TPSA) is 52.6 Å². The van der Waals surface area contributed by atoms with E-state index in [0.29, 0.717) is 11.9 Å². The van der Waals surface area contributed by atoms with Crippen molar-refractivity contribution in [2.45, 2.75) is 46.6 Å². The Kier molecular flexibility index (Phi) is 11.2. The highest BCUT2D eigenvalue weighted by molar-refractivity contribution is 9.09. The van der Waals surface area contributed by atoms with Crippen molar-refractivity contribution in [2.75, 3.05) is 11.9 Å². The monoisotopic (exact) mass is 362 g/mol. The number of hydrogen-bond acceptors (Lipinski definition) is 4. The van der Waals surface area contributed by atoms with Gasteiger partial charge in [-0.25, -0.2) is 9.59 Å². The molecule has 4 nitrogen and oxygen atoms in total. The van der Waals surface area contributed by atoms with Crippen LogP contribution in [0.1, 0.15) is 41.0 Å². The van der Waals surface area contributed by atoms with Crippen molar-refractivity contribution < 1.29 is 19.1 Å². The predicted molar refractivity (Wildman–Crippen MR) is 89.4 cm³/mol. The van der Waals surface area contributed by atoms with Crippen LogP contribution in [-0.4, -0.2) is 29.5 Å². The van der Waals surface area contributed by atoms with Crippen molar-refractivity contribution in [3.8, 4) is 0 Å². The molecule has 122 valence electrons. The van der Waals surface area contributed by atoms with E-state index in [0.717, 1.165) is 12.5 Å². The van der Waals surface area contributed by atoms with Gasteiger partial charge in [-0.05, 0) is 25.7 Å². The number of carbonyl (C=O) groups excluding carboxylic acids is 2. The van der Waals surface area contributed by atoms with Crippen molar-refractivity contribution >= 4 is 27.9 Å². The van der Waals surface area contributed by atoms with Crippen LogP contribution in [0.4, 0.5) is 0 Å². The van der Waals surface area contributed by atoms with E-state index in [1.165, 1.54) is 6.08 Å². The maximum Gasteiger partial charge on any atom is 0.330 e. The molecule has 0 spiro atoms. The summed E-state index contributed by atoms with van der Waals surface area (Å²) in [5.74, 6) is -0.723. The molecule has 0 aromatic heterocycles. The molecule has 0 bridgehead atoms. The molecule has 0 amide bonds. The van der Waals surface area contributed by atoms with Gasteiger partial charge in [-0.1, -0.05) is 49.9 Å². The third kappa shape index (κ3) is 16.8. The lowest BCUT2D eigenvalue weighted by Gasteiger charge is -2.31. The number of carbonyl (C=O) groups is 2. The molecule has 0 aliphatic carbocycles. The zero-order chi connectivity index (χ0) is 17.1. The molecular formula is C16H27BrO4. The summed E-state index contributed by atoms with van der Waals surface area (Å²) in [6, 6.07) is 0. The van der Waals surface area contributed by atoms with Gasteiger partial charge in [0, 0.05) is 17.5 Å². The zero-order valence-corrected chi connectivity index (χ0v) is 15.3. The fourth-order valence-electron chi connectivity index (χ4n) is 1.83. The molecule has 0 radical (unpaired) electrons. The minimum atomic E-state index is -0.413. The second kappa shape index (κ2) is 10.6.